The molecule has 0 fully saturated rings. The van der Waals surface area contributed by atoms with Gasteiger partial charge in [-0.25, -0.2) is 4.98 Å². The first-order chi connectivity index (χ1) is 7.84. The van der Waals surface area contributed by atoms with Crippen LogP contribution in [0.4, 0.5) is 5.13 Å². The standard InChI is InChI=1S/C12H15N3S/c13-12-15-11(9-16-12)8-14-7-6-10-4-2-1-3-5-10/h1-5,9,14H,6-8H2,(H2,13,15). The minimum atomic E-state index is 0.639. The van der Waals surface area contributed by atoms with Gasteiger partial charge in [0.05, 0.1) is 5.69 Å². The van der Waals surface area contributed by atoms with Crippen molar-refractivity contribution in [2.45, 2.75) is 13.0 Å². The number of hydrogen-bond acceptors (Lipinski definition) is 4. The lowest BCUT2D eigenvalue weighted by Gasteiger charge is -2.02. The normalized spacial score (nSPS) is 10.5. The molecule has 3 nitrogen and oxygen atoms in total. The molecule has 0 radical (unpaired) electrons. The summed E-state index contributed by atoms with van der Waals surface area (Å²) in [5.74, 6) is 0. The van der Waals surface area contributed by atoms with E-state index in [-0.39, 0.29) is 0 Å². The number of benzene rings is 1. The Hall–Kier alpha value is -1.39. The van der Waals surface area contributed by atoms with Crippen LogP contribution < -0.4 is 11.1 Å². The van der Waals surface area contributed by atoms with E-state index in [1.807, 2.05) is 11.4 Å². The number of nitrogen functional groups attached to an aromatic ring is 1. The maximum atomic E-state index is 5.55. The van der Waals surface area contributed by atoms with Gasteiger partial charge in [0.1, 0.15) is 0 Å². The molecular weight excluding hydrogens is 218 g/mol. The van der Waals surface area contributed by atoms with Gasteiger partial charge >= 0.3 is 0 Å². The molecule has 16 heavy (non-hydrogen) atoms. The minimum absolute atomic E-state index is 0.639. The van der Waals surface area contributed by atoms with E-state index in [0.29, 0.717) is 5.13 Å². The van der Waals surface area contributed by atoms with Gasteiger partial charge in [0.2, 0.25) is 0 Å². The van der Waals surface area contributed by atoms with Crippen LogP contribution in [0, 0.1) is 0 Å². The van der Waals surface area contributed by atoms with Gasteiger partial charge in [-0.2, -0.15) is 0 Å². The summed E-state index contributed by atoms with van der Waals surface area (Å²) in [6, 6.07) is 10.5. The largest absolute Gasteiger partial charge is 0.375 e. The van der Waals surface area contributed by atoms with E-state index < -0.39 is 0 Å². The average molecular weight is 233 g/mol. The van der Waals surface area contributed by atoms with E-state index in [9.17, 15) is 0 Å². The molecule has 3 N–H and O–H groups in total. The molecule has 0 aliphatic carbocycles. The Morgan fingerprint density at radius 1 is 1.25 bits per heavy atom. The lowest BCUT2D eigenvalue weighted by atomic mass is 10.1. The smallest absolute Gasteiger partial charge is 0.180 e. The maximum Gasteiger partial charge on any atom is 0.180 e. The van der Waals surface area contributed by atoms with Gasteiger partial charge < -0.3 is 11.1 Å². The zero-order valence-corrected chi connectivity index (χ0v) is 9.83. The van der Waals surface area contributed by atoms with Crippen LogP contribution in [-0.2, 0) is 13.0 Å². The lowest BCUT2D eigenvalue weighted by Crippen LogP contribution is -2.16. The van der Waals surface area contributed by atoms with Crippen LogP contribution in [0.3, 0.4) is 0 Å². The number of nitrogens with two attached hydrogens (primary N) is 1. The summed E-state index contributed by atoms with van der Waals surface area (Å²) in [6.45, 7) is 1.75. The van der Waals surface area contributed by atoms with Gasteiger partial charge in [-0.15, -0.1) is 11.3 Å². The first-order valence-corrected chi connectivity index (χ1v) is 6.17. The fraction of sp³-hybridized carbons (Fsp3) is 0.250. The van der Waals surface area contributed by atoms with Crippen molar-refractivity contribution >= 4 is 16.5 Å². The third-order valence-corrected chi connectivity index (χ3v) is 3.03. The van der Waals surface area contributed by atoms with Crippen LogP contribution >= 0.6 is 11.3 Å². The van der Waals surface area contributed by atoms with Crippen molar-refractivity contribution in [1.29, 1.82) is 0 Å². The summed E-state index contributed by atoms with van der Waals surface area (Å²) in [7, 11) is 0. The van der Waals surface area contributed by atoms with Gasteiger partial charge in [0.25, 0.3) is 0 Å². The second kappa shape index (κ2) is 5.63. The van der Waals surface area contributed by atoms with Crippen LogP contribution in [0.5, 0.6) is 0 Å². The number of aromatic nitrogens is 1. The van der Waals surface area contributed by atoms with Crippen molar-refractivity contribution in [2.24, 2.45) is 0 Å². The van der Waals surface area contributed by atoms with Gasteiger partial charge in [-0.05, 0) is 18.5 Å². The molecule has 0 amide bonds. The molecule has 0 saturated carbocycles. The van der Waals surface area contributed by atoms with Crippen LogP contribution in [0.25, 0.3) is 0 Å². The van der Waals surface area contributed by atoms with E-state index in [1.54, 1.807) is 0 Å². The highest BCUT2D eigenvalue weighted by Gasteiger charge is 1.97. The molecule has 1 heterocycles. The molecule has 0 saturated heterocycles. The molecule has 0 bridgehead atoms. The number of nitrogens with one attached hydrogen (secondary N) is 1. The zero-order valence-electron chi connectivity index (χ0n) is 9.02. The Labute approximate surface area is 99.3 Å². The molecule has 2 aromatic rings. The van der Waals surface area contributed by atoms with E-state index >= 15 is 0 Å². The van der Waals surface area contributed by atoms with E-state index in [0.717, 1.165) is 25.2 Å². The second-order valence-corrected chi connectivity index (χ2v) is 4.48. The highest BCUT2D eigenvalue weighted by Crippen LogP contribution is 2.10. The van der Waals surface area contributed by atoms with Crippen LogP contribution in [0.2, 0.25) is 0 Å². The number of anilines is 1. The quantitative estimate of drug-likeness (QED) is 0.777. The van der Waals surface area contributed by atoms with Crippen LogP contribution in [0.15, 0.2) is 35.7 Å². The predicted octanol–water partition coefficient (Wildman–Crippen LogP) is 2.06. The molecule has 0 atom stereocenters. The summed E-state index contributed by atoms with van der Waals surface area (Å²) in [5.41, 5.74) is 7.93. The van der Waals surface area contributed by atoms with Crippen LogP contribution in [0.1, 0.15) is 11.3 Å². The van der Waals surface area contributed by atoms with E-state index in [1.165, 1.54) is 16.9 Å². The molecule has 0 aliphatic heterocycles. The molecule has 0 aliphatic rings. The number of hydrogen-bond donors (Lipinski definition) is 2. The summed E-state index contributed by atoms with van der Waals surface area (Å²) in [5, 5.41) is 5.98. The topological polar surface area (TPSA) is 50.9 Å². The predicted molar refractivity (Wildman–Crippen MR) is 68.4 cm³/mol. The molecule has 4 heteroatoms. The fourth-order valence-corrected chi connectivity index (χ4v) is 2.06. The Morgan fingerprint density at radius 2 is 2.06 bits per heavy atom. The summed E-state index contributed by atoms with van der Waals surface area (Å²) in [6.07, 6.45) is 1.04. The highest BCUT2D eigenvalue weighted by atomic mass is 32.1. The number of rotatable bonds is 5. The summed E-state index contributed by atoms with van der Waals surface area (Å²) >= 11 is 1.49. The van der Waals surface area contributed by atoms with Crippen molar-refractivity contribution in [1.82, 2.24) is 10.3 Å². The molecule has 84 valence electrons. The summed E-state index contributed by atoms with van der Waals surface area (Å²) < 4.78 is 0. The van der Waals surface area contributed by atoms with Crippen molar-refractivity contribution in [3.05, 3.63) is 47.0 Å². The first kappa shape index (κ1) is 11.1. The Balaban J connectivity index is 1.69. The highest BCUT2D eigenvalue weighted by molar-refractivity contribution is 7.13. The van der Waals surface area contributed by atoms with E-state index in [4.69, 9.17) is 5.73 Å². The average Bonchev–Trinajstić information content (AvgIpc) is 2.72. The van der Waals surface area contributed by atoms with Crippen molar-refractivity contribution in [2.75, 3.05) is 12.3 Å². The minimum Gasteiger partial charge on any atom is -0.375 e. The SMILES string of the molecule is Nc1nc(CNCCc2ccccc2)cs1. The fourth-order valence-electron chi connectivity index (χ4n) is 1.50. The van der Waals surface area contributed by atoms with Crippen molar-refractivity contribution in [3.8, 4) is 0 Å². The Bertz CT molecular complexity index is 425. The number of thiazole rings is 1. The molecule has 0 unspecified atom stereocenters. The molecule has 2 rings (SSSR count). The van der Waals surface area contributed by atoms with Crippen LogP contribution in [-0.4, -0.2) is 11.5 Å². The van der Waals surface area contributed by atoms with Gasteiger partial charge in [-0.1, -0.05) is 30.3 Å². The lowest BCUT2D eigenvalue weighted by molar-refractivity contribution is 0.678. The Kier molecular flexibility index (Phi) is 3.91. The van der Waals surface area contributed by atoms with Gasteiger partial charge in [0, 0.05) is 11.9 Å². The first-order valence-electron chi connectivity index (χ1n) is 5.29. The molecule has 1 aromatic carbocycles. The maximum absolute atomic E-state index is 5.55. The third-order valence-electron chi connectivity index (χ3n) is 2.31. The molecule has 0 spiro atoms. The van der Waals surface area contributed by atoms with E-state index in [2.05, 4.69) is 34.6 Å². The monoisotopic (exact) mass is 233 g/mol. The Morgan fingerprint density at radius 3 is 2.75 bits per heavy atom. The molecular formula is C12H15N3S. The van der Waals surface area contributed by atoms with Gasteiger partial charge in [-0.3, -0.25) is 0 Å². The van der Waals surface area contributed by atoms with Crippen molar-refractivity contribution < 1.29 is 0 Å². The van der Waals surface area contributed by atoms with Gasteiger partial charge in [0.15, 0.2) is 5.13 Å². The number of nitrogens with zero attached hydrogens (tertiary/aromatic N) is 1. The third kappa shape index (κ3) is 3.32. The zero-order chi connectivity index (χ0) is 11.2. The van der Waals surface area contributed by atoms with Crippen molar-refractivity contribution in [3.63, 3.8) is 0 Å². The summed E-state index contributed by atoms with van der Waals surface area (Å²) in [4.78, 5) is 4.19. The molecule has 1 aromatic heterocycles. The second-order valence-electron chi connectivity index (χ2n) is 3.59.